The molecule has 1 saturated heterocycles. The number of likely N-dealkylation sites (tertiary alicyclic amines) is 1. The molecule has 0 radical (unpaired) electrons. The summed E-state index contributed by atoms with van der Waals surface area (Å²) < 4.78 is 7.35. The Labute approximate surface area is 188 Å². The van der Waals surface area contributed by atoms with Gasteiger partial charge in [0, 0.05) is 23.0 Å². The van der Waals surface area contributed by atoms with Crippen molar-refractivity contribution < 1.29 is 4.74 Å². The van der Waals surface area contributed by atoms with Crippen molar-refractivity contribution in [1.29, 1.82) is 0 Å². The Hall–Kier alpha value is -1.94. The van der Waals surface area contributed by atoms with Gasteiger partial charge in [-0.15, -0.1) is 0 Å². The number of hydrogen-bond donors (Lipinski definition) is 0. The van der Waals surface area contributed by atoms with Gasteiger partial charge in [0.1, 0.15) is 0 Å². The first-order chi connectivity index (χ1) is 14.8. The molecule has 0 spiro atoms. The van der Waals surface area contributed by atoms with Gasteiger partial charge in [0.15, 0.2) is 0 Å². The summed E-state index contributed by atoms with van der Waals surface area (Å²) >= 11 is 3.83. The Kier molecular flexibility index (Phi) is 6.03. The third-order valence-corrected chi connectivity index (χ3v) is 7.44. The van der Waals surface area contributed by atoms with Crippen molar-refractivity contribution in [3.63, 3.8) is 0 Å². The van der Waals surface area contributed by atoms with Crippen molar-refractivity contribution in [3.8, 4) is 0 Å². The highest BCUT2D eigenvalue weighted by Crippen LogP contribution is 2.45. The molecule has 2 nitrogen and oxygen atoms in total. The smallest absolute Gasteiger partial charge is 0.0724 e. The van der Waals surface area contributed by atoms with Gasteiger partial charge in [0.2, 0.25) is 0 Å². The van der Waals surface area contributed by atoms with E-state index in [-0.39, 0.29) is 0 Å². The third kappa shape index (κ3) is 4.12. The molecule has 1 aliphatic heterocycles. The average molecular weight is 462 g/mol. The van der Waals surface area contributed by atoms with Crippen LogP contribution in [0.5, 0.6) is 0 Å². The molecule has 2 aliphatic rings. The molecular weight excluding hydrogens is 434 g/mol. The van der Waals surface area contributed by atoms with Gasteiger partial charge in [-0.2, -0.15) is 0 Å². The molecule has 0 amide bonds. The van der Waals surface area contributed by atoms with Gasteiger partial charge in [-0.05, 0) is 59.7 Å². The number of fused-ring (bicyclic) bond motifs is 3. The number of aryl methyl sites for hydroxylation is 1. The molecule has 154 valence electrons. The second-order valence-electron chi connectivity index (χ2n) is 8.53. The summed E-state index contributed by atoms with van der Waals surface area (Å²) in [5, 5.41) is 0. The monoisotopic (exact) mass is 461 g/mol. The standard InChI is InChI=1S/C27H28BrNO/c28-25-12-6-11-21-13-14-26-24(27(21)25)15-16-29(26)17-22-9-4-5-10-23(22)19-30-18-20-7-2-1-3-8-20/h1-12,24,26H,13-19H2. The minimum atomic E-state index is 0.648. The predicted octanol–water partition coefficient (Wildman–Crippen LogP) is 6.47. The van der Waals surface area contributed by atoms with Crippen LogP contribution in [0, 0.1) is 0 Å². The molecule has 30 heavy (non-hydrogen) atoms. The Bertz CT molecular complexity index is 1000. The summed E-state index contributed by atoms with van der Waals surface area (Å²) in [5.41, 5.74) is 7.06. The van der Waals surface area contributed by atoms with Crippen LogP contribution in [-0.4, -0.2) is 17.5 Å². The number of hydrogen-bond acceptors (Lipinski definition) is 2. The second-order valence-corrected chi connectivity index (χ2v) is 9.39. The van der Waals surface area contributed by atoms with Crippen molar-refractivity contribution >= 4 is 15.9 Å². The van der Waals surface area contributed by atoms with Crippen molar-refractivity contribution in [2.24, 2.45) is 0 Å². The van der Waals surface area contributed by atoms with Gasteiger partial charge >= 0.3 is 0 Å². The number of ether oxygens (including phenoxy) is 1. The maximum atomic E-state index is 6.06. The Balaban J connectivity index is 1.27. The van der Waals surface area contributed by atoms with E-state index in [2.05, 4.69) is 87.6 Å². The van der Waals surface area contributed by atoms with Crippen LogP contribution in [0.15, 0.2) is 77.3 Å². The van der Waals surface area contributed by atoms with Crippen molar-refractivity contribution in [2.75, 3.05) is 6.54 Å². The largest absolute Gasteiger partial charge is 0.372 e. The summed E-state index contributed by atoms with van der Waals surface area (Å²) in [5.74, 6) is 0.658. The maximum absolute atomic E-state index is 6.06. The fraction of sp³-hybridized carbons (Fsp3) is 0.333. The predicted molar refractivity (Wildman–Crippen MR) is 125 cm³/mol. The molecule has 3 heteroatoms. The molecule has 2 unspecified atom stereocenters. The lowest BCUT2D eigenvalue weighted by atomic mass is 9.79. The zero-order chi connectivity index (χ0) is 20.3. The number of halogens is 1. The second kappa shape index (κ2) is 9.05. The number of nitrogens with zero attached hydrogens (tertiary/aromatic N) is 1. The lowest BCUT2D eigenvalue weighted by Crippen LogP contribution is -2.35. The molecule has 0 N–H and O–H groups in total. The first-order valence-electron chi connectivity index (χ1n) is 11.0. The molecule has 1 aliphatic carbocycles. The van der Waals surface area contributed by atoms with Gasteiger partial charge in [-0.25, -0.2) is 0 Å². The normalized spacial score (nSPS) is 20.7. The zero-order valence-electron chi connectivity index (χ0n) is 17.3. The van der Waals surface area contributed by atoms with Crippen molar-refractivity contribution in [2.45, 2.75) is 51.0 Å². The van der Waals surface area contributed by atoms with E-state index in [0.717, 1.165) is 6.54 Å². The number of rotatable bonds is 6. The Morgan fingerprint density at radius 1 is 0.833 bits per heavy atom. The molecule has 1 heterocycles. The van der Waals surface area contributed by atoms with E-state index in [1.54, 1.807) is 11.1 Å². The van der Waals surface area contributed by atoms with E-state index >= 15 is 0 Å². The molecule has 5 rings (SSSR count). The van der Waals surface area contributed by atoms with Crippen LogP contribution in [0.4, 0.5) is 0 Å². The zero-order valence-corrected chi connectivity index (χ0v) is 18.9. The topological polar surface area (TPSA) is 12.5 Å². The minimum Gasteiger partial charge on any atom is -0.372 e. The van der Waals surface area contributed by atoms with Crippen LogP contribution in [-0.2, 0) is 30.9 Å². The summed E-state index contributed by atoms with van der Waals surface area (Å²) in [4.78, 5) is 2.71. The van der Waals surface area contributed by atoms with Crippen LogP contribution >= 0.6 is 15.9 Å². The summed E-state index contributed by atoms with van der Waals surface area (Å²) in [6.45, 7) is 3.52. The van der Waals surface area contributed by atoms with Crippen LogP contribution in [0.1, 0.15) is 46.6 Å². The van der Waals surface area contributed by atoms with Crippen LogP contribution < -0.4 is 0 Å². The summed E-state index contributed by atoms with van der Waals surface area (Å²) in [6, 6.07) is 26.6. The average Bonchev–Trinajstić information content (AvgIpc) is 3.19. The van der Waals surface area contributed by atoms with Crippen molar-refractivity contribution in [1.82, 2.24) is 4.90 Å². The van der Waals surface area contributed by atoms with E-state index in [9.17, 15) is 0 Å². The Morgan fingerprint density at radius 3 is 2.50 bits per heavy atom. The van der Waals surface area contributed by atoms with Gasteiger partial charge in [0.25, 0.3) is 0 Å². The highest BCUT2D eigenvalue weighted by molar-refractivity contribution is 9.10. The lowest BCUT2D eigenvalue weighted by Gasteiger charge is -2.34. The fourth-order valence-corrected chi connectivity index (χ4v) is 5.98. The molecule has 3 aromatic carbocycles. The van der Waals surface area contributed by atoms with E-state index in [0.29, 0.717) is 25.2 Å². The summed E-state index contributed by atoms with van der Waals surface area (Å²) in [6.07, 6.45) is 3.71. The highest BCUT2D eigenvalue weighted by Gasteiger charge is 2.39. The van der Waals surface area contributed by atoms with E-state index in [1.165, 1.54) is 47.0 Å². The number of benzene rings is 3. The quantitative estimate of drug-likeness (QED) is 0.416. The highest BCUT2D eigenvalue weighted by atomic mass is 79.9. The first-order valence-corrected chi connectivity index (χ1v) is 11.8. The molecule has 0 saturated carbocycles. The van der Waals surface area contributed by atoms with Crippen LogP contribution in [0.2, 0.25) is 0 Å². The lowest BCUT2D eigenvalue weighted by molar-refractivity contribution is 0.105. The van der Waals surface area contributed by atoms with Gasteiger partial charge in [-0.3, -0.25) is 4.90 Å². The van der Waals surface area contributed by atoms with Crippen molar-refractivity contribution in [3.05, 3.63) is 105 Å². The van der Waals surface area contributed by atoms with Crippen LogP contribution in [0.25, 0.3) is 0 Å². The molecule has 0 aromatic heterocycles. The van der Waals surface area contributed by atoms with Gasteiger partial charge < -0.3 is 4.74 Å². The van der Waals surface area contributed by atoms with E-state index < -0.39 is 0 Å². The minimum absolute atomic E-state index is 0.648. The van der Waals surface area contributed by atoms with Gasteiger partial charge in [-0.1, -0.05) is 82.7 Å². The maximum Gasteiger partial charge on any atom is 0.0724 e. The van der Waals surface area contributed by atoms with Gasteiger partial charge in [0.05, 0.1) is 13.2 Å². The first kappa shape index (κ1) is 20.0. The third-order valence-electron chi connectivity index (χ3n) is 6.75. The van der Waals surface area contributed by atoms with E-state index in [1.807, 2.05) is 6.07 Å². The molecule has 3 aromatic rings. The fourth-order valence-electron chi connectivity index (χ4n) is 5.28. The van der Waals surface area contributed by atoms with E-state index in [4.69, 9.17) is 4.74 Å². The molecule has 0 bridgehead atoms. The van der Waals surface area contributed by atoms with Crippen LogP contribution in [0.3, 0.4) is 0 Å². The molecular formula is C27H28BrNO. The molecule has 2 atom stereocenters. The summed E-state index contributed by atoms with van der Waals surface area (Å²) in [7, 11) is 0. The molecule has 1 fully saturated rings. The Morgan fingerprint density at radius 2 is 1.63 bits per heavy atom. The SMILES string of the molecule is Brc1cccc2c1C1CCN(Cc3ccccc3COCc3ccccc3)C1CC2.